The van der Waals surface area contributed by atoms with Crippen LogP contribution in [-0.4, -0.2) is 4.57 Å². The Morgan fingerprint density at radius 2 is 1.25 bits per heavy atom. The maximum atomic E-state index is 6.50. The van der Waals surface area contributed by atoms with Gasteiger partial charge in [0.25, 0.3) is 0 Å². The first-order valence-corrected chi connectivity index (χ1v) is 17.8. The Bertz CT molecular complexity index is 3060. The highest BCUT2D eigenvalue weighted by molar-refractivity contribution is 7.26. The second-order valence-electron chi connectivity index (χ2n) is 12.5. The van der Waals surface area contributed by atoms with Crippen LogP contribution in [0.25, 0.3) is 101 Å². The lowest BCUT2D eigenvalue weighted by molar-refractivity contribution is 0.670. The Kier molecular flexibility index (Phi) is 5.45. The molecule has 0 spiro atoms. The number of nitrogens with zero attached hydrogens (tertiary/aromatic N) is 1. The van der Waals surface area contributed by atoms with Gasteiger partial charge in [-0.05, 0) is 52.9 Å². The van der Waals surface area contributed by atoms with E-state index >= 15 is 0 Å². The number of aromatic nitrogens is 1. The van der Waals surface area contributed by atoms with Gasteiger partial charge < -0.3 is 8.98 Å². The first kappa shape index (κ1) is 26.4. The minimum Gasteiger partial charge on any atom is -0.455 e. The largest absolute Gasteiger partial charge is 0.455 e. The Hall–Kier alpha value is -5.68. The van der Waals surface area contributed by atoms with Crippen LogP contribution in [0.4, 0.5) is 0 Å². The van der Waals surface area contributed by atoms with Crippen LogP contribution in [0, 0.1) is 0 Å². The Balaban J connectivity index is 1.23. The predicted molar refractivity (Wildman–Crippen MR) is 207 cm³/mol. The van der Waals surface area contributed by atoms with Gasteiger partial charge in [0.2, 0.25) is 0 Å². The number of para-hydroxylation sites is 2. The molecule has 0 aliphatic carbocycles. The molecule has 4 aromatic heterocycles. The van der Waals surface area contributed by atoms with Gasteiger partial charge in [-0.25, -0.2) is 0 Å². The summed E-state index contributed by atoms with van der Waals surface area (Å²) in [6.07, 6.45) is 2.27. The minimum atomic E-state index is 0.920. The Morgan fingerprint density at radius 1 is 0.458 bits per heavy atom. The zero-order valence-corrected chi connectivity index (χ0v) is 27.2. The van der Waals surface area contributed by atoms with Crippen molar-refractivity contribution in [2.45, 2.75) is 0 Å². The third-order valence-corrected chi connectivity index (χ3v) is 12.3. The van der Waals surface area contributed by atoms with Crippen molar-refractivity contribution in [2.24, 2.45) is 0 Å². The highest BCUT2D eigenvalue weighted by Crippen LogP contribution is 2.47. The van der Waals surface area contributed by atoms with Gasteiger partial charge in [-0.3, -0.25) is 0 Å². The fourth-order valence-corrected chi connectivity index (χ4v) is 10.1. The third kappa shape index (κ3) is 3.67. The zero-order chi connectivity index (χ0) is 31.3. The van der Waals surface area contributed by atoms with Gasteiger partial charge in [-0.2, -0.15) is 0 Å². The quantitative estimate of drug-likeness (QED) is 0.187. The van der Waals surface area contributed by atoms with Crippen LogP contribution in [0.1, 0.15) is 0 Å². The molecule has 0 aliphatic rings. The van der Waals surface area contributed by atoms with Gasteiger partial charge in [0.15, 0.2) is 0 Å². The number of fused-ring (bicyclic) bond motifs is 12. The van der Waals surface area contributed by atoms with E-state index in [0.717, 1.165) is 33.1 Å². The van der Waals surface area contributed by atoms with Gasteiger partial charge in [0.1, 0.15) is 11.2 Å². The van der Waals surface area contributed by atoms with E-state index in [1.54, 1.807) is 0 Å². The molecule has 2 nitrogen and oxygen atoms in total. The molecule has 224 valence electrons. The lowest BCUT2D eigenvalue weighted by Crippen LogP contribution is -1.93. The molecular weight excluding hydrogens is 623 g/mol. The van der Waals surface area contributed by atoms with Crippen LogP contribution in [0.2, 0.25) is 0 Å². The summed E-state index contributed by atoms with van der Waals surface area (Å²) in [5.74, 6) is 0. The monoisotopic (exact) mass is 647 g/mol. The Morgan fingerprint density at radius 3 is 2.19 bits per heavy atom. The smallest absolute Gasteiger partial charge is 0.143 e. The van der Waals surface area contributed by atoms with Crippen LogP contribution in [0.15, 0.2) is 156 Å². The summed E-state index contributed by atoms with van der Waals surface area (Å²) in [7, 11) is 0. The number of furan rings is 1. The molecule has 0 amide bonds. The molecule has 0 N–H and O–H groups in total. The predicted octanol–water partition coefficient (Wildman–Crippen LogP) is 13.6. The summed E-state index contributed by atoms with van der Waals surface area (Å²) in [4.78, 5) is 1.28. The minimum absolute atomic E-state index is 0.920. The second-order valence-corrected chi connectivity index (χ2v) is 14.6. The van der Waals surface area contributed by atoms with Gasteiger partial charge in [0, 0.05) is 63.7 Å². The fraction of sp³-hybridized carbons (Fsp3) is 0. The molecule has 0 aliphatic heterocycles. The first-order chi connectivity index (χ1) is 23.8. The highest BCUT2D eigenvalue weighted by Gasteiger charge is 2.20. The molecule has 0 unspecified atom stereocenters. The molecule has 0 atom stereocenters. The van der Waals surface area contributed by atoms with Crippen molar-refractivity contribution in [1.29, 1.82) is 0 Å². The normalized spacial score (nSPS) is 12.2. The first-order valence-electron chi connectivity index (χ1n) is 16.2. The van der Waals surface area contributed by atoms with Gasteiger partial charge in [-0.1, -0.05) is 109 Å². The van der Waals surface area contributed by atoms with Crippen LogP contribution < -0.4 is 0 Å². The molecule has 11 rings (SSSR count). The van der Waals surface area contributed by atoms with Crippen LogP contribution >= 0.6 is 22.7 Å². The summed E-state index contributed by atoms with van der Waals surface area (Å²) < 4.78 is 12.9. The molecule has 4 heterocycles. The van der Waals surface area contributed by atoms with E-state index in [9.17, 15) is 0 Å². The van der Waals surface area contributed by atoms with Crippen molar-refractivity contribution in [3.05, 3.63) is 152 Å². The summed E-state index contributed by atoms with van der Waals surface area (Å²) in [6, 6.07) is 52.8. The van der Waals surface area contributed by atoms with E-state index in [1.807, 2.05) is 28.7 Å². The van der Waals surface area contributed by atoms with Crippen molar-refractivity contribution in [2.75, 3.05) is 0 Å². The zero-order valence-electron chi connectivity index (χ0n) is 25.6. The molecule has 0 bridgehead atoms. The molecule has 48 heavy (non-hydrogen) atoms. The van der Waals surface area contributed by atoms with Crippen LogP contribution in [0.3, 0.4) is 0 Å². The molecule has 11 aromatic rings. The van der Waals surface area contributed by atoms with Crippen molar-refractivity contribution >= 4 is 96.5 Å². The SMILES string of the molecule is c1ccc(-c2cc3c4cc(-c5cccc6c5oc5ccccc56)ccc4c4c(ccn4-c4cccc5c4sc4ccccc45)c3s2)cc1. The molecule has 0 radical (unpaired) electrons. The summed E-state index contributed by atoms with van der Waals surface area (Å²) in [6.45, 7) is 0. The maximum Gasteiger partial charge on any atom is 0.143 e. The Labute approximate surface area is 283 Å². The van der Waals surface area contributed by atoms with E-state index in [2.05, 4.69) is 150 Å². The van der Waals surface area contributed by atoms with Crippen molar-refractivity contribution in [1.82, 2.24) is 4.57 Å². The molecule has 0 saturated heterocycles. The maximum absolute atomic E-state index is 6.50. The highest BCUT2D eigenvalue weighted by atomic mass is 32.1. The lowest BCUT2D eigenvalue weighted by Gasteiger charge is -2.12. The molecule has 0 saturated carbocycles. The summed E-state index contributed by atoms with van der Waals surface area (Å²) in [5, 5.41) is 10.0. The number of hydrogen-bond donors (Lipinski definition) is 0. The summed E-state index contributed by atoms with van der Waals surface area (Å²) in [5.41, 5.74) is 7.84. The van der Waals surface area contributed by atoms with E-state index in [1.165, 1.54) is 68.1 Å². The van der Waals surface area contributed by atoms with E-state index in [-0.39, 0.29) is 0 Å². The average molecular weight is 648 g/mol. The van der Waals surface area contributed by atoms with E-state index in [0.29, 0.717) is 0 Å². The third-order valence-electron chi connectivity index (χ3n) is 9.84. The van der Waals surface area contributed by atoms with Crippen molar-refractivity contribution < 1.29 is 4.42 Å². The van der Waals surface area contributed by atoms with Gasteiger partial charge in [0.05, 0.1) is 15.9 Å². The number of benzene rings is 7. The van der Waals surface area contributed by atoms with Gasteiger partial charge >= 0.3 is 0 Å². The standard InChI is InChI=1S/C44H25NOS2/c1-2-10-26(11-3-1)40-25-36-35-24-27(28-14-8-15-32-29-12-4-6-18-38(29)46-42(28)32)20-21-31(35)41-34(43(36)48-40)22-23-45(41)37-17-9-16-33-30-13-5-7-19-39(30)47-44(33)37/h1-25H. The molecule has 0 fully saturated rings. The van der Waals surface area contributed by atoms with Gasteiger partial charge in [-0.15, -0.1) is 22.7 Å². The molecule has 4 heteroatoms. The van der Waals surface area contributed by atoms with Crippen LogP contribution in [-0.2, 0) is 0 Å². The number of thiophene rings is 2. The number of rotatable bonds is 3. The summed E-state index contributed by atoms with van der Waals surface area (Å²) >= 11 is 3.77. The van der Waals surface area contributed by atoms with Crippen LogP contribution in [0.5, 0.6) is 0 Å². The lowest BCUT2D eigenvalue weighted by atomic mass is 9.96. The average Bonchev–Trinajstić information content (AvgIpc) is 3.94. The van der Waals surface area contributed by atoms with E-state index in [4.69, 9.17) is 4.42 Å². The van der Waals surface area contributed by atoms with Crippen molar-refractivity contribution in [3.63, 3.8) is 0 Å². The molecule has 7 aromatic carbocycles. The number of hydrogen-bond acceptors (Lipinski definition) is 3. The van der Waals surface area contributed by atoms with Crippen molar-refractivity contribution in [3.8, 4) is 27.3 Å². The van der Waals surface area contributed by atoms with E-state index < -0.39 is 0 Å². The fourth-order valence-electron chi connectivity index (χ4n) is 7.66. The topological polar surface area (TPSA) is 18.1 Å². The molecular formula is C44H25NOS2. The second kappa shape index (κ2) is 9.91.